The molecule has 0 saturated heterocycles. The van der Waals surface area contributed by atoms with Gasteiger partial charge in [0, 0.05) is 6.04 Å². The summed E-state index contributed by atoms with van der Waals surface area (Å²) in [5, 5.41) is 2.94. The molecule has 0 aromatic heterocycles. The van der Waals surface area contributed by atoms with Crippen LogP contribution >= 0.6 is 0 Å². The van der Waals surface area contributed by atoms with E-state index in [2.05, 4.69) is 5.32 Å². The molecule has 0 heterocycles. The molecule has 3 N–H and O–H groups in total. The first-order valence-electron chi connectivity index (χ1n) is 6.45. The van der Waals surface area contributed by atoms with E-state index in [-0.39, 0.29) is 5.91 Å². The van der Waals surface area contributed by atoms with Gasteiger partial charge in [-0.05, 0) is 44.4 Å². The average Bonchev–Trinajstić information content (AvgIpc) is 3.16. The van der Waals surface area contributed by atoms with Crippen LogP contribution < -0.4 is 15.8 Å². The van der Waals surface area contributed by atoms with Crippen molar-refractivity contribution in [3.05, 3.63) is 29.8 Å². The predicted octanol–water partition coefficient (Wildman–Crippen LogP) is 1.23. The second kappa shape index (κ2) is 5.87. The normalized spacial score (nSPS) is 16.1. The van der Waals surface area contributed by atoms with Gasteiger partial charge in [0.15, 0.2) is 6.10 Å². The van der Waals surface area contributed by atoms with Gasteiger partial charge in [-0.2, -0.15) is 0 Å². The summed E-state index contributed by atoms with van der Waals surface area (Å²) in [6, 6.07) is 8.08. The molecule has 1 saturated carbocycles. The van der Waals surface area contributed by atoms with Gasteiger partial charge >= 0.3 is 0 Å². The highest BCUT2D eigenvalue weighted by molar-refractivity contribution is 5.81. The summed E-state index contributed by atoms with van der Waals surface area (Å²) in [5.74, 6) is 0.710. The summed E-state index contributed by atoms with van der Waals surface area (Å²) in [4.78, 5) is 11.8. The SMILES string of the molecule is CC(Oc1ccccc1CCN)C(=O)NC1CC1. The van der Waals surface area contributed by atoms with Crippen molar-refractivity contribution in [1.82, 2.24) is 5.32 Å². The molecule has 1 amide bonds. The van der Waals surface area contributed by atoms with Gasteiger partial charge in [0.2, 0.25) is 0 Å². The Morgan fingerprint density at radius 1 is 1.50 bits per heavy atom. The van der Waals surface area contributed by atoms with Crippen molar-refractivity contribution < 1.29 is 9.53 Å². The summed E-state index contributed by atoms with van der Waals surface area (Å²) >= 11 is 0. The maximum atomic E-state index is 11.8. The zero-order chi connectivity index (χ0) is 13.0. The lowest BCUT2D eigenvalue weighted by Crippen LogP contribution is -2.37. The van der Waals surface area contributed by atoms with Crippen LogP contribution in [-0.4, -0.2) is 24.6 Å². The molecule has 98 valence electrons. The molecule has 1 aromatic carbocycles. The standard InChI is InChI=1S/C14H20N2O2/c1-10(14(17)16-12-6-7-12)18-13-5-3-2-4-11(13)8-9-15/h2-5,10,12H,6-9,15H2,1H3,(H,16,17). The maximum Gasteiger partial charge on any atom is 0.260 e. The minimum absolute atomic E-state index is 0.0416. The lowest BCUT2D eigenvalue weighted by atomic mass is 10.1. The number of hydrogen-bond acceptors (Lipinski definition) is 3. The number of amides is 1. The van der Waals surface area contributed by atoms with E-state index in [4.69, 9.17) is 10.5 Å². The van der Waals surface area contributed by atoms with Crippen LogP contribution in [0.3, 0.4) is 0 Å². The molecule has 4 heteroatoms. The van der Waals surface area contributed by atoms with Gasteiger partial charge in [-0.1, -0.05) is 18.2 Å². The number of nitrogens with two attached hydrogens (primary N) is 1. The first-order valence-corrected chi connectivity index (χ1v) is 6.45. The van der Waals surface area contributed by atoms with Crippen molar-refractivity contribution in [2.75, 3.05) is 6.54 Å². The van der Waals surface area contributed by atoms with Crippen molar-refractivity contribution in [3.8, 4) is 5.75 Å². The van der Waals surface area contributed by atoms with Crippen LogP contribution in [0.25, 0.3) is 0 Å². The lowest BCUT2D eigenvalue weighted by molar-refractivity contribution is -0.127. The van der Waals surface area contributed by atoms with Crippen LogP contribution in [0.15, 0.2) is 24.3 Å². The number of nitrogens with one attached hydrogen (secondary N) is 1. The van der Waals surface area contributed by atoms with E-state index in [1.165, 1.54) is 0 Å². The number of carbonyl (C=O) groups excluding carboxylic acids is 1. The van der Waals surface area contributed by atoms with Crippen molar-refractivity contribution in [3.63, 3.8) is 0 Å². The third kappa shape index (κ3) is 3.47. The van der Waals surface area contributed by atoms with Crippen LogP contribution in [0.2, 0.25) is 0 Å². The van der Waals surface area contributed by atoms with Crippen LogP contribution in [0.4, 0.5) is 0 Å². The molecule has 1 atom stereocenters. The number of benzene rings is 1. The van der Waals surface area contributed by atoms with Crippen molar-refractivity contribution >= 4 is 5.91 Å². The third-order valence-corrected chi connectivity index (χ3v) is 2.98. The molecule has 2 rings (SSSR count). The Balaban J connectivity index is 1.96. The van der Waals surface area contributed by atoms with Crippen LogP contribution in [0.1, 0.15) is 25.3 Å². The smallest absolute Gasteiger partial charge is 0.260 e. The zero-order valence-corrected chi connectivity index (χ0v) is 10.7. The predicted molar refractivity (Wildman–Crippen MR) is 70.5 cm³/mol. The molecular formula is C14H20N2O2. The Hall–Kier alpha value is -1.55. The molecule has 0 aliphatic heterocycles. The average molecular weight is 248 g/mol. The van der Waals surface area contributed by atoms with Crippen molar-refractivity contribution in [1.29, 1.82) is 0 Å². The first-order chi connectivity index (χ1) is 8.70. The van der Waals surface area contributed by atoms with E-state index in [9.17, 15) is 4.79 Å². The van der Waals surface area contributed by atoms with Crippen molar-refractivity contribution in [2.24, 2.45) is 5.73 Å². The highest BCUT2D eigenvalue weighted by Gasteiger charge is 2.26. The fourth-order valence-corrected chi connectivity index (χ4v) is 1.77. The molecule has 4 nitrogen and oxygen atoms in total. The molecule has 1 aromatic rings. The Kier molecular flexibility index (Phi) is 4.20. The van der Waals surface area contributed by atoms with E-state index < -0.39 is 6.10 Å². The van der Waals surface area contributed by atoms with Gasteiger partial charge < -0.3 is 15.8 Å². The van der Waals surface area contributed by atoms with E-state index in [1.54, 1.807) is 6.92 Å². The highest BCUT2D eigenvalue weighted by Crippen LogP contribution is 2.21. The van der Waals surface area contributed by atoms with Gasteiger partial charge in [-0.25, -0.2) is 0 Å². The zero-order valence-electron chi connectivity index (χ0n) is 10.7. The quantitative estimate of drug-likeness (QED) is 0.796. The topological polar surface area (TPSA) is 64.3 Å². The van der Waals surface area contributed by atoms with Gasteiger partial charge in [0.05, 0.1) is 0 Å². The second-order valence-corrected chi connectivity index (χ2v) is 4.69. The molecule has 0 radical (unpaired) electrons. The Bertz CT molecular complexity index is 416. The van der Waals surface area contributed by atoms with Gasteiger partial charge in [0.1, 0.15) is 5.75 Å². The van der Waals surface area contributed by atoms with Crippen LogP contribution in [-0.2, 0) is 11.2 Å². The molecule has 1 unspecified atom stereocenters. The van der Waals surface area contributed by atoms with Crippen LogP contribution in [0, 0.1) is 0 Å². The fraction of sp³-hybridized carbons (Fsp3) is 0.500. The Morgan fingerprint density at radius 2 is 2.22 bits per heavy atom. The molecule has 18 heavy (non-hydrogen) atoms. The summed E-state index contributed by atoms with van der Waals surface area (Å²) in [5.41, 5.74) is 6.61. The van der Waals surface area contributed by atoms with Crippen LogP contribution in [0.5, 0.6) is 5.75 Å². The molecule has 1 aliphatic rings. The number of para-hydroxylation sites is 1. The summed E-state index contributed by atoms with van der Waals surface area (Å²) < 4.78 is 5.72. The number of hydrogen-bond donors (Lipinski definition) is 2. The maximum absolute atomic E-state index is 11.8. The van der Waals surface area contributed by atoms with E-state index in [0.29, 0.717) is 12.6 Å². The summed E-state index contributed by atoms with van der Waals surface area (Å²) in [7, 11) is 0. The molecular weight excluding hydrogens is 228 g/mol. The van der Waals surface area contributed by atoms with Gasteiger partial charge in [-0.3, -0.25) is 4.79 Å². The van der Waals surface area contributed by atoms with Gasteiger partial charge in [-0.15, -0.1) is 0 Å². The minimum Gasteiger partial charge on any atom is -0.481 e. The monoisotopic (exact) mass is 248 g/mol. The Labute approximate surface area is 108 Å². The van der Waals surface area contributed by atoms with Gasteiger partial charge in [0.25, 0.3) is 5.91 Å². The lowest BCUT2D eigenvalue weighted by Gasteiger charge is -2.17. The number of rotatable bonds is 6. The Morgan fingerprint density at radius 3 is 2.89 bits per heavy atom. The first kappa shape index (κ1) is 12.9. The molecule has 1 aliphatic carbocycles. The molecule has 0 spiro atoms. The van der Waals surface area contributed by atoms with E-state index in [0.717, 1.165) is 30.6 Å². The number of carbonyl (C=O) groups is 1. The molecule has 1 fully saturated rings. The largest absolute Gasteiger partial charge is 0.481 e. The number of ether oxygens (including phenoxy) is 1. The van der Waals surface area contributed by atoms with E-state index in [1.807, 2.05) is 24.3 Å². The highest BCUT2D eigenvalue weighted by atomic mass is 16.5. The summed E-state index contributed by atoms with van der Waals surface area (Å²) in [6.45, 7) is 2.35. The summed E-state index contributed by atoms with van der Waals surface area (Å²) in [6.07, 6.45) is 2.46. The minimum atomic E-state index is -0.468. The van der Waals surface area contributed by atoms with Crippen molar-refractivity contribution in [2.45, 2.75) is 38.3 Å². The second-order valence-electron chi connectivity index (χ2n) is 4.69. The molecule has 0 bridgehead atoms. The fourth-order valence-electron chi connectivity index (χ4n) is 1.77. The third-order valence-electron chi connectivity index (χ3n) is 2.98. The van der Waals surface area contributed by atoms with E-state index >= 15 is 0 Å².